The number of H-pyrrole nitrogens is 1. The van der Waals surface area contributed by atoms with Crippen molar-refractivity contribution in [1.82, 2.24) is 10.2 Å². The number of aryl methyl sites for hydroxylation is 2. The highest BCUT2D eigenvalue weighted by Crippen LogP contribution is 2.26. The maximum atomic E-state index is 12.3. The van der Waals surface area contributed by atoms with Gasteiger partial charge in [-0.1, -0.05) is 17.7 Å². The van der Waals surface area contributed by atoms with Crippen molar-refractivity contribution in [3.05, 3.63) is 40.0 Å². The van der Waals surface area contributed by atoms with E-state index < -0.39 is 16.6 Å². The summed E-state index contributed by atoms with van der Waals surface area (Å²) < 4.78 is 26.9. The first kappa shape index (κ1) is 14.8. The van der Waals surface area contributed by atoms with Gasteiger partial charge >= 0.3 is 0 Å². The summed E-state index contributed by atoms with van der Waals surface area (Å²) in [5, 5.41) is 15.6. The van der Waals surface area contributed by atoms with E-state index in [0.29, 0.717) is 10.7 Å². The van der Waals surface area contributed by atoms with E-state index in [2.05, 4.69) is 14.9 Å². The normalized spacial score (nSPS) is 11.6. The number of benzene rings is 1. The van der Waals surface area contributed by atoms with Gasteiger partial charge in [-0.3, -0.25) is 9.82 Å². The van der Waals surface area contributed by atoms with Crippen LogP contribution in [0.4, 0.5) is 5.69 Å². The highest BCUT2D eigenvalue weighted by Gasteiger charge is 2.24. The fourth-order valence-corrected chi connectivity index (χ4v) is 3.34. The monoisotopic (exact) mass is 315 g/mol. The van der Waals surface area contributed by atoms with Crippen LogP contribution in [0.15, 0.2) is 23.2 Å². The Hall–Kier alpha value is -1.57. The van der Waals surface area contributed by atoms with Gasteiger partial charge in [0, 0.05) is 11.3 Å². The van der Waals surface area contributed by atoms with E-state index in [1.165, 1.54) is 0 Å². The number of aliphatic hydroxyl groups excluding tert-OH is 1. The van der Waals surface area contributed by atoms with Crippen LogP contribution in [0.2, 0.25) is 5.02 Å². The minimum absolute atomic E-state index is 0.228. The fraction of sp³-hybridized carbons (Fsp3) is 0.250. The van der Waals surface area contributed by atoms with Gasteiger partial charge in [-0.25, -0.2) is 0 Å². The zero-order valence-corrected chi connectivity index (χ0v) is 12.5. The summed E-state index contributed by atoms with van der Waals surface area (Å²) in [6.45, 7) is 3.07. The van der Waals surface area contributed by atoms with Crippen LogP contribution in [0.25, 0.3) is 0 Å². The molecule has 2 rings (SSSR count). The first-order chi connectivity index (χ1) is 9.35. The molecule has 0 aliphatic rings. The summed E-state index contributed by atoms with van der Waals surface area (Å²) in [6, 6.07) is 4.97. The van der Waals surface area contributed by atoms with Crippen LogP contribution in [0.1, 0.15) is 16.8 Å². The number of nitrogens with one attached hydrogen (secondary N) is 2. The average Bonchev–Trinajstić information content (AvgIpc) is 2.74. The van der Waals surface area contributed by atoms with Crippen LogP contribution in [0.5, 0.6) is 0 Å². The lowest BCUT2D eigenvalue weighted by Gasteiger charge is -2.09. The van der Waals surface area contributed by atoms with Crippen LogP contribution in [-0.2, 0) is 16.6 Å². The molecule has 2 aromatic rings. The third kappa shape index (κ3) is 2.79. The second-order valence-electron chi connectivity index (χ2n) is 4.38. The Labute approximate surface area is 121 Å². The number of nitrogens with zero attached hydrogens (tertiary/aromatic N) is 1. The molecule has 0 aliphatic carbocycles. The molecule has 1 aromatic carbocycles. The number of halogens is 1. The number of hydrogen-bond acceptors (Lipinski definition) is 4. The molecular formula is C12H14ClN3O3S. The number of sulfonamides is 1. The standard InChI is InChI=1S/C12H14ClN3O3S/c1-7-3-4-11(10(13)5-7)16-20(18,19)12-9(6-17)8(2)14-15-12/h3-5,16-17H,6H2,1-2H3,(H,14,15). The van der Waals surface area contributed by atoms with Crippen molar-refractivity contribution < 1.29 is 13.5 Å². The Bertz CT molecular complexity index is 740. The predicted octanol–water partition coefficient (Wildman–Crippen LogP) is 1.97. The van der Waals surface area contributed by atoms with Gasteiger partial charge in [-0.15, -0.1) is 0 Å². The van der Waals surface area contributed by atoms with E-state index in [-0.39, 0.29) is 16.3 Å². The number of rotatable bonds is 4. The number of aliphatic hydroxyl groups is 1. The molecule has 20 heavy (non-hydrogen) atoms. The van der Waals surface area contributed by atoms with Gasteiger partial charge < -0.3 is 5.11 Å². The Kier molecular flexibility index (Phi) is 4.03. The van der Waals surface area contributed by atoms with Crippen molar-refractivity contribution >= 4 is 27.3 Å². The maximum Gasteiger partial charge on any atom is 0.281 e. The van der Waals surface area contributed by atoms with Crippen LogP contribution < -0.4 is 4.72 Å². The van der Waals surface area contributed by atoms with Crippen molar-refractivity contribution in [3.8, 4) is 0 Å². The molecule has 0 aliphatic heterocycles. The number of anilines is 1. The first-order valence-corrected chi connectivity index (χ1v) is 7.65. The van der Waals surface area contributed by atoms with Crippen LogP contribution in [0.3, 0.4) is 0 Å². The van der Waals surface area contributed by atoms with E-state index in [4.69, 9.17) is 11.6 Å². The third-order valence-electron chi connectivity index (χ3n) is 2.82. The average molecular weight is 316 g/mol. The molecule has 0 fully saturated rings. The van der Waals surface area contributed by atoms with Gasteiger partial charge in [0.15, 0.2) is 0 Å². The molecule has 0 saturated heterocycles. The van der Waals surface area contributed by atoms with Gasteiger partial charge in [-0.2, -0.15) is 13.5 Å². The highest BCUT2D eigenvalue weighted by molar-refractivity contribution is 7.92. The molecular weight excluding hydrogens is 302 g/mol. The Morgan fingerprint density at radius 3 is 2.70 bits per heavy atom. The van der Waals surface area contributed by atoms with Gasteiger partial charge in [0.05, 0.1) is 17.3 Å². The SMILES string of the molecule is Cc1ccc(NS(=O)(=O)c2n[nH]c(C)c2CO)c(Cl)c1. The summed E-state index contributed by atoms with van der Waals surface area (Å²) in [7, 11) is -3.91. The van der Waals surface area contributed by atoms with Gasteiger partial charge in [0.1, 0.15) is 0 Å². The summed E-state index contributed by atoms with van der Waals surface area (Å²) in [5.74, 6) is 0. The molecule has 108 valence electrons. The maximum absolute atomic E-state index is 12.3. The van der Waals surface area contributed by atoms with E-state index in [9.17, 15) is 13.5 Å². The molecule has 8 heteroatoms. The summed E-state index contributed by atoms with van der Waals surface area (Å²) in [4.78, 5) is 0. The van der Waals surface area contributed by atoms with E-state index in [1.54, 1.807) is 25.1 Å². The lowest BCUT2D eigenvalue weighted by Crippen LogP contribution is -2.15. The lowest BCUT2D eigenvalue weighted by molar-refractivity contribution is 0.277. The molecule has 0 radical (unpaired) electrons. The van der Waals surface area contributed by atoms with Gasteiger partial charge in [0.2, 0.25) is 5.03 Å². The van der Waals surface area contributed by atoms with Crippen molar-refractivity contribution in [1.29, 1.82) is 0 Å². The molecule has 0 atom stereocenters. The van der Waals surface area contributed by atoms with E-state index in [1.807, 2.05) is 6.92 Å². The Morgan fingerprint density at radius 2 is 2.10 bits per heavy atom. The lowest BCUT2D eigenvalue weighted by atomic mass is 10.2. The highest BCUT2D eigenvalue weighted by atomic mass is 35.5. The van der Waals surface area contributed by atoms with E-state index >= 15 is 0 Å². The summed E-state index contributed by atoms with van der Waals surface area (Å²) in [5.41, 5.74) is 1.93. The van der Waals surface area contributed by atoms with Crippen LogP contribution >= 0.6 is 11.6 Å². The third-order valence-corrected chi connectivity index (χ3v) is 4.47. The number of aromatic amines is 1. The second-order valence-corrected chi connectivity index (χ2v) is 6.38. The molecule has 0 bridgehead atoms. The van der Waals surface area contributed by atoms with Crippen molar-refractivity contribution in [2.24, 2.45) is 0 Å². The minimum Gasteiger partial charge on any atom is -0.392 e. The quantitative estimate of drug-likeness (QED) is 0.804. The van der Waals surface area contributed by atoms with Crippen molar-refractivity contribution in [2.45, 2.75) is 25.5 Å². The molecule has 3 N–H and O–H groups in total. The van der Waals surface area contributed by atoms with Crippen molar-refractivity contribution in [2.75, 3.05) is 4.72 Å². The van der Waals surface area contributed by atoms with Crippen LogP contribution in [-0.4, -0.2) is 23.7 Å². The topological polar surface area (TPSA) is 95.1 Å². The van der Waals surface area contributed by atoms with Gasteiger partial charge in [-0.05, 0) is 31.5 Å². The Morgan fingerprint density at radius 1 is 1.40 bits per heavy atom. The van der Waals surface area contributed by atoms with Crippen molar-refractivity contribution in [3.63, 3.8) is 0 Å². The second kappa shape index (κ2) is 5.43. The number of aromatic nitrogens is 2. The zero-order chi connectivity index (χ0) is 14.9. The molecule has 1 heterocycles. The minimum atomic E-state index is -3.91. The molecule has 6 nitrogen and oxygen atoms in total. The molecule has 0 spiro atoms. The largest absolute Gasteiger partial charge is 0.392 e. The fourth-order valence-electron chi connectivity index (χ4n) is 1.73. The first-order valence-electron chi connectivity index (χ1n) is 5.79. The number of hydrogen-bond donors (Lipinski definition) is 3. The summed E-state index contributed by atoms with van der Waals surface area (Å²) in [6.07, 6.45) is 0. The molecule has 0 saturated carbocycles. The van der Waals surface area contributed by atoms with Gasteiger partial charge in [0.25, 0.3) is 10.0 Å². The molecule has 0 amide bonds. The molecule has 0 unspecified atom stereocenters. The smallest absolute Gasteiger partial charge is 0.281 e. The van der Waals surface area contributed by atoms with E-state index in [0.717, 1.165) is 5.56 Å². The molecule has 1 aromatic heterocycles. The van der Waals surface area contributed by atoms with Crippen LogP contribution in [0, 0.1) is 13.8 Å². The predicted molar refractivity (Wildman–Crippen MR) is 76.2 cm³/mol. The Balaban J connectivity index is 2.41. The zero-order valence-electron chi connectivity index (χ0n) is 10.9. The summed E-state index contributed by atoms with van der Waals surface area (Å²) >= 11 is 6.00.